The number of amides is 2. The van der Waals surface area contributed by atoms with Crippen LogP contribution in [0.2, 0.25) is 0 Å². The summed E-state index contributed by atoms with van der Waals surface area (Å²) in [6.07, 6.45) is 2.82. The second-order valence-electron chi connectivity index (χ2n) is 7.48. The third-order valence-electron chi connectivity index (χ3n) is 5.44. The highest BCUT2D eigenvalue weighted by atomic mass is 32.1. The van der Waals surface area contributed by atoms with Gasteiger partial charge in [-0.1, -0.05) is 11.3 Å². The van der Waals surface area contributed by atoms with Gasteiger partial charge in [0.05, 0.1) is 7.11 Å². The quantitative estimate of drug-likeness (QED) is 0.576. The molecule has 1 fully saturated rings. The Hall–Kier alpha value is -3.47. The number of ether oxygens (including phenoxy) is 1. The molecule has 2 amide bonds. The van der Waals surface area contributed by atoms with Crippen molar-refractivity contribution in [3.05, 3.63) is 40.9 Å². The van der Waals surface area contributed by atoms with Crippen molar-refractivity contribution in [2.45, 2.75) is 19.4 Å². The summed E-state index contributed by atoms with van der Waals surface area (Å²) in [6, 6.07) is 6.94. The van der Waals surface area contributed by atoms with Crippen LogP contribution in [0.4, 0.5) is 10.8 Å². The lowest BCUT2D eigenvalue weighted by Gasteiger charge is -2.30. The van der Waals surface area contributed by atoms with Crippen LogP contribution in [0.25, 0.3) is 10.3 Å². The molecule has 0 atom stereocenters. The summed E-state index contributed by atoms with van der Waals surface area (Å²) in [5.41, 5.74) is 0.678. The van der Waals surface area contributed by atoms with E-state index < -0.39 is 0 Å². The SMILES string of the molecule is CNC(=O)C1CCN(c2nc3ncn(CC(=O)Nc4ccc(OC)cc4)c(=O)c3s2)CC1. The zero-order chi connectivity index (χ0) is 22.7. The molecule has 2 aromatic heterocycles. The van der Waals surface area contributed by atoms with E-state index >= 15 is 0 Å². The number of aromatic nitrogens is 3. The lowest BCUT2D eigenvalue weighted by atomic mass is 9.96. The van der Waals surface area contributed by atoms with Crippen molar-refractivity contribution in [3.8, 4) is 5.75 Å². The largest absolute Gasteiger partial charge is 0.497 e. The number of nitrogens with one attached hydrogen (secondary N) is 2. The number of hydrogen-bond acceptors (Lipinski definition) is 8. The maximum atomic E-state index is 12.9. The average Bonchev–Trinajstić information content (AvgIpc) is 3.26. The molecule has 11 heteroatoms. The normalized spacial score (nSPS) is 14.4. The van der Waals surface area contributed by atoms with Crippen molar-refractivity contribution in [1.29, 1.82) is 0 Å². The highest BCUT2D eigenvalue weighted by Gasteiger charge is 2.26. The van der Waals surface area contributed by atoms with E-state index in [2.05, 4.69) is 25.5 Å². The first-order chi connectivity index (χ1) is 15.5. The fraction of sp³-hybridized carbons (Fsp3) is 0.381. The van der Waals surface area contributed by atoms with Crippen LogP contribution in [0.1, 0.15) is 12.8 Å². The number of carbonyl (C=O) groups excluding carboxylic acids is 2. The molecule has 3 heterocycles. The average molecular weight is 457 g/mol. The van der Waals surface area contributed by atoms with Gasteiger partial charge in [-0.25, -0.2) is 4.98 Å². The Balaban J connectivity index is 1.45. The first-order valence-electron chi connectivity index (χ1n) is 10.2. The summed E-state index contributed by atoms with van der Waals surface area (Å²) < 4.78 is 6.79. The molecular weight excluding hydrogens is 432 g/mol. The summed E-state index contributed by atoms with van der Waals surface area (Å²) >= 11 is 1.27. The first kappa shape index (κ1) is 21.8. The summed E-state index contributed by atoms with van der Waals surface area (Å²) in [5, 5.41) is 6.16. The second-order valence-corrected chi connectivity index (χ2v) is 8.46. The molecule has 4 rings (SSSR count). The molecule has 1 aromatic carbocycles. The summed E-state index contributed by atoms with van der Waals surface area (Å²) in [7, 11) is 3.22. The Morgan fingerprint density at radius 2 is 1.94 bits per heavy atom. The van der Waals surface area contributed by atoms with Crippen LogP contribution in [-0.2, 0) is 16.1 Å². The molecule has 1 aliphatic rings. The van der Waals surface area contributed by atoms with Crippen LogP contribution >= 0.6 is 11.3 Å². The first-order valence-corrected chi connectivity index (χ1v) is 11.1. The highest BCUT2D eigenvalue weighted by Crippen LogP contribution is 2.29. The summed E-state index contributed by atoms with van der Waals surface area (Å²) in [6.45, 7) is 1.23. The van der Waals surface area contributed by atoms with Gasteiger partial charge in [-0.05, 0) is 37.1 Å². The molecule has 1 saturated heterocycles. The van der Waals surface area contributed by atoms with Gasteiger partial charge in [0, 0.05) is 31.7 Å². The van der Waals surface area contributed by atoms with Gasteiger partial charge in [-0.3, -0.25) is 19.0 Å². The maximum absolute atomic E-state index is 12.9. The molecule has 0 saturated carbocycles. The Morgan fingerprint density at radius 3 is 2.59 bits per heavy atom. The Labute approximate surface area is 188 Å². The minimum absolute atomic E-state index is 0.00481. The molecule has 0 spiro atoms. The number of rotatable bonds is 6. The summed E-state index contributed by atoms with van der Waals surface area (Å²) in [5.74, 6) is 0.420. The predicted octanol–water partition coefficient (Wildman–Crippen LogP) is 1.46. The van der Waals surface area contributed by atoms with Crippen LogP contribution in [0, 0.1) is 5.92 Å². The number of anilines is 2. The van der Waals surface area contributed by atoms with Gasteiger partial charge >= 0.3 is 0 Å². The molecule has 32 heavy (non-hydrogen) atoms. The molecule has 1 aliphatic heterocycles. The van der Waals surface area contributed by atoms with E-state index in [1.54, 1.807) is 38.4 Å². The zero-order valence-corrected chi connectivity index (χ0v) is 18.6. The van der Waals surface area contributed by atoms with Crippen molar-refractivity contribution in [3.63, 3.8) is 0 Å². The molecule has 10 nitrogen and oxygen atoms in total. The van der Waals surface area contributed by atoms with Crippen LogP contribution in [0.15, 0.2) is 35.4 Å². The van der Waals surface area contributed by atoms with Crippen molar-refractivity contribution < 1.29 is 14.3 Å². The molecule has 0 bridgehead atoms. The Morgan fingerprint density at radius 1 is 1.22 bits per heavy atom. The molecule has 168 valence electrons. The number of piperidine rings is 1. The number of benzene rings is 1. The van der Waals surface area contributed by atoms with Gasteiger partial charge in [0.2, 0.25) is 11.8 Å². The van der Waals surface area contributed by atoms with Gasteiger partial charge in [0.15, 0.2) is 10.8 Å². The van der Waals surface area contributed by atoms with Crippen molar-refractivity contribution in [1.82, 2.24) is 19.9 Å². The predicted molar refractivity (Wildman–Crippen MR) is 122 cm³/mol. The smallest absolute Gasteiger partial charge is 0.273 e. The molecule has 0 unspecified atom stereocenters. The number of hydrogen-bond donors (Lipinski definition) is 2. The number of carbonyl (C=O) groups is 2. The number of nitrogens with zero attached hydrogens (tertiary/aromatic N) is 4. The van der Waals surface area contributed by atoms with E-state index in [4.69, 9.17) is 4.74 Å². The zero-order valence-electron chi connectivity index (χ0n) is 17.8. The standard InChI is InChI=1S/C21H24N6O4S/c1-22-19(29)13-7-9-26(10-8-13)21-25-18-17(32-21)20(30)27(12-23-18)11-16(28)24-14-3-5-15(31-2)6-4-14/h3-6,12-13H,7-11H2,1-2H3,(H,22,29)(H,24,28). The number of fused-ring (bicyclic) bond motifs is 1. The molecule has 0 aliphatic carbocycles. The highest BCUT2D eigenvalue weighted by molar-refractivity contribution is 7.22. The van der Waals surface area contributed by atoms with Crippen LogP contribution in [-0.4, -0.2) is 53.6 Å². The minimum Gasteiger partial charge on any atom is -0.497 e. The minimum atomic E-state index is -0.334. The number of methoxy groups -OCH3 is 1. The summed E-state index contributed by atoms with van der Waals surface area (Å²) in [4.78, 5) is 48.0. The van der Waals surface area contributed by atoms with Crippen LogP contribution < -0.4 is 25.8 Å². The maximum Gasteiger partial charge on any atom is 0.273 e. The number of thiazole rings is 1. The Bertz CT molecular complexity index is 1180. The fourth-order valence-corrected chi connectivity index (χ4v) is 4.67. The van der Waals surface area contributed by atoms with Gasteiger partial charge in [-0.2, -0.15) is 4.98 Å². The van der Waals surface area contributed by atoms with Crippen molar-refractivity contribution >= 4 is 44.3 Å². The van der Waals surface area contributed by atoms with E-state index in [9.17, 15) is 14.4 Å². The van der Waals surface area contributed by atoms with Gasteiger partial charge in [0.1, 0.15) is 23.3 Å². The molecule has 3 aromatic rings. The van der Waals surface area contributed by atoms with E-state index in [0.29, 0.717) is 40.0 Å². The Kier molecular flexibility index (Phi) is 6.35. The van der Waals surface area contributed by atoms with Gasteiger partial charge < -0.3 is 20.3 Å². The molecule has 2 N–H and O–H groups in total. The van der Waals surface area contributed by atoms with Crippen molar-refractivity contribution in [2.75, 3.05) is 37.5 Å². The van der Waals surface area contributed by atoms with E-state index in [0.717, 1.165) is 12.8 Å². The van der Waals surface area contributed by atoms with Crippen LogP contribution in [0.5, 0.6) is 5.75 Å². The van der Waals surface area contributed by atoms with E-state index in [1.165, 1.54) is 22.2 Å². The monoisotopic (exact) mass is 456 g/mol. The second kappa shape index (κ2) is 9.35. The van der Waals surface area contributed by atoms with E-state index in [1.807, 2.05) is 0 Å². The molecule has 0 radical (unpaired) electrons. The van der Waals surface area contributed by atoms with Gasteiger partial charge in [0.25, 0.3) is 5.56 Å². The lowest BCUT2D eigenvalue weighted by molar-refractivity contribution is -0.125. The molecular formula is C21H24N6O4S. The third kappa shape index (κ3) is 4.57. The topological polar surface area (TPSA) is 118 Å². The fourth-order valence-electron chi connectivity index (χ4n) is 3.65. The van der Waals surface area contributed by atoms with Crippen molar-refractivity contribution in [2.24, 2.45) is 5.92 Å². The lowest BCUT2D eigenvalue weighted by Crippen LogP contribution is -2.39. The van der Waals surface area contributed by atoms with Gasteiger partial charge in [-0.15, -0.1) is 0 Å². The van der Waals surface area contributed by atoms with E-state index in [-0.39, 0.29) is 29.8 Å². The van der Waals surface area contributed by atoms with Crippen LogP contribution in [0.3, 0.4) is 0 Å². The third-order valence-corrected chi connectivity index (χ3v) is 6.54.